The zero-order valence-corrected chi connectivity index (χ0v) is 10.1. The third-order valence-corrected chi connectivity index (χ3v) is 3.06. The summed E-state index contributed by atoms with van der Waals surface area (Å²) in [6, 6.07) is 0. The van der Waals surface area contributed by atoms with Crippen molar-refractivity contribution in [1.29, 1.82) is 0 Å². The second-order valence-electron chi connectivity index (χ2n) is 3.93. The van der Waals surface area contributed by atoms with Crippen LogP contribution in [0.2, 0.25) is 0 Å². The molecule has 0 unspecified atom stereocenters. The molecule has 1 saturated heterocycles. The molecule has 2 amide bonds. The van der Waals surface area contributed by atoms with Crippen molar-refractivity contribution in [3.63, 3.8) is 0 Å². The first kappa shape index (κ1) is 12.6. The fraction of sp³-hybridized carbons (Fsp3) is 0.667. The number of nitrogens with one attached hydrogen (secondary N) is 1. The van der Waals surface area contributed by atoms with E-state index in [1.807, 2.05) is 13.8 Å². The largest absolute Gasteiger partial charge is 0.340 e. The van der Waals surface area contributed by atoms with Crippen LogP contribution in [0.5, 0.6) is 0 Å². The molecule has 88 valence electrons. The normalized spacial score (nSPS) is 18.8. The Morgan fingerprint density at radius 1 is 1.38 bits per heavy atom. The van der Waals surface area contributed by atoms with Crippen molar-refractivity contribution in [3.05, 3.63) is 0 Å². The molecular weight excluding hydrogens is 204 g/mol. The molecule has 1 fully saturated rings. The lowest BCUT2D eigenvalue weighted by atomic mass is 9.89. The smallest absolute Gasteiger partial charge is 0.249 e. The van der Waals surface area contributed by atoms with Gasteiger partial charge in [0.1, 0.15) is 12.1 Å². The van der Waals surface area contributed by atoms with Gasteiger partial charge in [-0.15, -0.1) is 5.92 Å². The Morgan fingerprint density at radius 3 is 2.50 bits per heavy atom. The zero-order chi connectivity index (χ0) is 12.2. The average molecular weight is 222 g/mol. The van der Waals surface area contributed by atoms with E-state index in [9.17, 15) is 9.59 Å². The lowest BCUT2D eigenvalue weighted by molar-refractivity contribution is -0.149. The molecule has 0 aromatic carbocycles. The van der Waals surface area contributed by atoms with Gasteiger partial charge in [0, 0.05) is 0 Å². The van der Waals surface area contributed by atoms with Gasteiger partial charge < -0.3 is 10.2 Å². The Kier molecular flexibility index (Phi) is 3.94. The van der Waals surface area contributed by atoms with Gasteiger partial charge in [0.05, 0.1) is 6.54 Å². The summed E-state index contributed by atoms with van der Waals surface area (Å²) in [5.74, 6) is 5.46. The van der Waals surface area contributed by atoms with Crippen LogP contribution in [0.15, 0.2) is 0 Å². The minimum atomic E-state index is -0.718. The zero-order valence-electron chi connectivity index (χ0n) is 10.1. The van der Waals surface area contributed by atoms with Crippen molar-refractivity contribution in [2.75, 3.05) is 13.1 Å². The number of piperazine rings is 1. The molecule has 16 heavy (non-hydrogen) atoms. The highest BCUT2D eigenvalue weighted by Gasteiger charge is 2.43. The Hall–Kier alpha value is -1.50. The molecule has 0 atom stereocenters. The molecule has 1 aliphatic heterocycles. The molecule has 0 aliphatic carbocycles. The van der Waals surface area contributed by atoms with E-state index >= 15 is 0 Å². The van der Waals surface area contributed by atoms with Gasteiger partial charge in [0.25, 0.3) is 0 Å². The van der Waals surface area contributed by atoms with Gasteiger partial charge in [0.15, 0.2) is 0 Å². The van der Waals surface area contributed by atoms with Crippen LogP contribution < -0.4 is 5.32 Å². The molecule has 4 heteroatoms. The van der Waals surface area contributed by atoms with E-state index in [1.54, 1.807) is 6.92 Å². The highest BCUT2D eigenvalue weighted by molar-refractivity contribution is 5.98. The van der Waals surface area contributed by atoms with Crippen molar-refractivity contribution in [2.45, 2.75) is 39.2 Å². The Bertz CT molecular complexity index is 348. The summed E-state index contributed by atoms with van der Waals surface area (Å²) in [5, 5.41) is 2.81. The van der Waals surface area contributed by atoms with E-state index < -0.39 is 5.54 Å². The first-order valence-corrected chi connectivity index (χ1v) is 5.59. The third-order valence-electron chi connectivity index (χ3n) is 3.06. The number of carbonyl (C=O) groups excluding carboxylic acids is 2. The maximum Gasteiger partial charge on any atom is 0.249 e. The van der Waals surface area contributed by atoms with E-state index in [-0.39, 0.29) is 18.4 Å². The van der Waals surface area contributed by atoms with Crippen molar-refractivity contribution in [2.24, 2.45) is 0 Å². The molecule has 0 radical (unpaired) electrons. The lowest BCUT2D eigenvalue weighted by Crippen LogP contribution is -2.66. The molecule has 0 aromatic heterocycles. The van der Waals surface area contributed by atoms with E-state index in [0.717, 1.165) is 0 Å². The van der Waals surface area contributed by atoms with Gasteiger partial charge in [-0.05, 0) is 19.8 Å². The van der Waals surface area contributed by atoms with Gasteiger partial charge in [-0.1, -0.05) is 19.8 Å². The monoisotopic (exact) mass is 222 g/mol. The molecule has 1 rings (SSSR count). The molecule has 0 aromatic rings. The number of hydrogen-bond acceptors (Lipinski definition) is 2. The summed E-state index contributed by atoms with van der Waals surface area (Å²) in [7, 11) is 0. The van der Waals surface area contributed by atoms with Gasteiger partial charge in [-0.2, -0.15) is 0 Å². The van der Waals surface area contributed by atoms with Crippen molar-refractivity contribution < 1.29 is 9.59 Å². The van der Waals surface area contributed by atoms with Crippen LogP contribution in [-0.2, 0) is 9.59 Å². The number of amides is 2. The fourth-order valence-corrected chi connectivity index (χ4v) is 1.94. The van der Waals surface area contributed by atoms with Gasteiger partial charge in [0.2, 0.25) is 11.8 Å². The van der Waals surface area contributed by atoms with Crippen LogP contribution in [0.3, 0.4) is 0 Å². The predicted octanol–water partition coefficient (Wildman–Crippen LogP) is 0.527. The quantitative estimate of drug-likeness (QED) is 0.708. The van der Waals surface area contributed by atoms with Crippen LogP contribution in [0.1, 0.15) is 33.6 Å². The van der Waals surface area contributed by atoms with Gasteiger partial charge in [-0.3, -0.25) is 9.59 Å². The molecule has 4 nitrogen and oxygen atoms in total. The second-order valence-corrected chi connectivity index (χ2v) is 3.93. The summed E-state index contributed by atoms with van der Waals surface area (Å²) in [4.78, 5) is 25.3. The fourth-order valence-electron chi connectivity index (χ4n) is 1.94. The molecule has 1 N–H and O–H groups in total. The van der Waals surface area contributed by atoms with Gasteiger partial charge in [-0.25, -0.2) is 0 Å². The third kappa shape index (κ3) is 2.19. The van der Waals surface area contributed by atoms with E-state index in [2.05, 4.69) is 17.2 Å². The number of nitrogens with zero attached hydrogens (tertiary/aromatic N) is 1. The Labute approximate surface area is 96.4 Å². The van der Waals surface area contributed by atoms with Crippen LogP contribution in [-0.4, -0.2) is 35.3 Å². The van der Waals surface area contributed by atoms with E-state index in [0.29, 0.717) is 19.4 Å². The summed E-state index contributed by atoms with van der Waals surface area (Å²) < 4.78 is 0. The minimum Gasteiger partial charge on any atom is -0.340 e. The highest BCUT2D eigenvalue weighted by atomic mass is 16.2. The van der Waals surface area contributed by atoms with E-state index in [4.69, 9.17) is 0 Å². The van der Waals surface area contributed by atoms with Crippen LogP contribution in [0, 0.1) is 11.8 Å². The summed E-state index contributed by atoms with van der Waals surface area (Å²) in [5.41, 5.74) is -0.718. The summed E-state index contributed by atoms with van der Waals surface area (Å²) in [6.07, 6.45) is 1.23. The van der Waals surface area contributed by atoms with E-state index in [1.165, 1.54) is 4.90 Å². The van der Waals surface area contributed by atoms with Crippen molar-refractivity contribution >= 4 is 11.8 Å². The Morgan fingerprint density at radius 2 is 2.00 bits per heavy atom. The summed E-state index contributed by atoms with van der Waals surface area (Å²) >= 11 is 0. The molecule has 0 spiro atoms. The molecule has 0 saturated carbocycles. The lowest BCUT2D eigenvalue weighted by Gasteiger charge is -2.40. The standard InChI is InChI=1S/C12H18N2O2/c1-4-7-8-14-9-10(15)13-12(5-2,6-3)11(14)16/h5-6,8-9H2,1-3H3,(H,13,15). The molecule has 0 bridgehead atoms. The Balaban J connectivity index is 2.91. The topological polar surface area (TPSA) is 49.4 Å². The second kappa shape index (κ2) is 5.02. The number of carbonyl (C=O) groups is 2. The highest BCUT2D eigenvalue weighted by Crippen LogP contribution is 2.21. The number of rotatable bonds is 3. The number of hydrogen-bond donors (Lipinski definition) is 1. The molecule has 1 heterocycles. The maximum absolute atomic E-state index is 12.2. The first-order chi connectivity index (χ1) is 7.59. The predicted molar refractivity (Wildman–Crippen MR) is 61.5 cm³/mol. The maximum atomic E-state index is 12.2. The van der Waals surface area contributed by atoms with Crippen LogP contribution >= 0.6 is 0 Å². The van der Waals surface area contributed by atoms with Crippen LogP contribution in [0.4, 0.5) is 0 Å². The summed E-state index contributed by atoms with van der Waals surface area (Å²) in [6.45, 7) is 6.01. The average Bonchev–Trinajstić information content (AvgIpc) is 2.30. The van der Waals surface area contributed by atoms with Crippen molar-refractivity contribution in [3.8, 4) is 11.8 Å². The minimum absolute atomic E-state index is 0.0140. The first-order valence-electron chi connectivity index (χ1n) is 5.59. The van der Waals surface area contributed by atoms with Crippen molar-refractivity contribution in [1.82, 2.24) is 10.2 Å². The molecule has 1 aliphatic rings. The SMILES string of the molecule is CC#CCN1CC(=O)NC(CC)(CC)C1=O. The van der Waals surface area contributed by atoms with Gasteiger partial charge >= 0.3 is 0 Å². The van der Waals surface area contributed by atoms with Crippen LogP contribution in [0.25, 0.3) is 0 Å². The molecular formula is C12H18N2O2.